The van der Waals surface area contributed by atoms with Gasteiger partial charge in [0.2, 0.25) is 11.8 Å². The van der Waals surface area contributed by atoms with E-state index in [1.165, 1.54) is 37.1 Å². The van der Waals surface area contributed by atoms with Crippen LogP contribution in [-0.4, -0.2) is 76.6 Å². The van der Waals surface area contributed by atoms with Gasteiger partial charge in [0.1, 0.15) is 6.04 Å². The van der Waals surface area contributed by atoms with Crippen LogP contribution in [0.2, 0.25) is 0 Å². The summed E-state index contributed by atoms with van der Waals surface area (Å²) in [5.41, 5.74) is 4.77. The summed E-state index contributed by atoms with van der Waals surface area (Å²) in [7, 11) is 0. The minimum atomic E-state index is -0.972. The maximum absolute atomic E-state index is 13.3. The largest absolute Gasteiger partial charge is 0.380 e. The van der Waals surface area contributed by atoms with Gasteiger partial charge in [0.25, 0.3) is 11.8 Å². The highest BCUT2D eigenvalue weighted by atomic mass is 16.2. The molecule has 4 aliphatic heterocycles. The number of hydrogen-bond acceptors (Lipinski definition) is 7. The predicted molar refractivity (Wildman–Crippen MR) is 141 cm³/mol. The van der Waals surface area contributed by atoms with E-state index in [0.717, 1.165) is 36.1 Å². The van der Waals surface area contributed by atoms with E-state index in [2.05, 4.69) is 45.6 Å². The lowest BCUT2D eigenvalue weighted by Gasteiger charge is -2.44. The minimum Gasteiger partial charge on any atom is -0.380 e. The van der Waals surface area contributed by atoms with Gasteiger partial charge in [-0.15, -0.1) is 0 Å². The number of nitrogens with one attached hydrogen (secondary N) is 2. The van der Waals surface area contributed by atoms with Gasteiger partial charge in [-0.3, -0.25) is 39.2 Å². The quantitative estimate of drug-likeness (QED) is 0.546. The number of piperidine rings is 1. The van der Waals surface area contributed by atoms with Crippen molar-refractivity contribution in [1.29, 1.82) is 0 Å². The molecular formula is C29H33N5O4. The average Bonchev–Trinajstić information content (AvgIpc) is 3.48. The van der Waals surface area contributed by atoms with Gasteiger partial charge in [-0.25, -0.2) is 0 Å². The molecule has 198 valence electrons. The molecule has 0 bridgehead atoms. The van der Waals surface area contributed by atoms with Crippen LogP contribution >= 0.6 is 0 Å². The van der Waals surface area contributed by atoms with Crippen LogP contribution < -0.4 is 10.6 Å². The number of benzene rings is 2. The Morgan fingerprint density at radius 1 is 1.00 bits per heavy atom. The molecule has 2 aromatic carbocycles. The third-order valence-electron chi connectivity index (χ3n) is 8.35. The van der Waals surface area contributed by atoms with Gasteiger partial charge < -0.3 is 5.32 Å². The summed E-state index contributed by atoms with van der Waals surface area (Å²) in [6.45, 7) is 8.38. The van der Waals surface area contributed by atoms with Crippen LogP contribution in [0.15, 0.2) is 36.4 Å². The summed E-state index contributed by atoms with van der Waals surface area (Å²) in [6.07, 6.45) is 2.90. The van der Waals surface area contributed by atoms with E-state index in [-0.39, 0.29) is 29.9 Å². The lowest BCUT2D eigenvalue weighted by atomic mass is 10.0. The van der Waals surface area contributed by atoms with Crippen LogP contribution in [0.1, 0.15) is 63.1 Å². The number of hydrogen-bond donors (Lipinski definition) is 2. The average molecular weight is 516 g/mol. The summed E-state index contributed by atoms with van der Waals surface area (Å²) in [5.74, 6) is -1.99. The fourth-order valence-electron chi connectivity index (χ4n) is 6.16. The van der Waals surface area contributed by atoms with Crippen molar-refractivity contribution in [1.82, 2.24) is 20.0 Å². The third-order valence-corrected chi connectivity index (χ3v) is 8.35. The molecule has 0 aromatic heterocycles. The molecule has 2 N–H and O–H groups in total. The first-order valence-corrected chi connectivity index (χ1v) is 13.5. The molecule has 6 rings (SSSR count). The van der Waals surface area contributed by atoms with Crippen molar-refractivity contribution in [3.63, 3.8) is 0 Å². The highest BCUT2D eigenvalue weighted by Crippen LogP contribution is 2.33. The molecule has 9 nitrogen and oxygen atoms in total. The van der Waals surface area contributed by atoms with Crippen LogP contribution in [0.5, 0.6) is 0 Å². The molecule has 3 saturated heterocycles. The van der Waals surface area contributed by atoms with E-state index in [4.69, 9.17) is 0 Å². The zero-order valence-electron chi connectivity index (χ0n) is 21.7. The zero-order valence-corrected chi connectivity index (χ0v) is 21.7. The van der Waals surface area contributed by atoms with Gasteiger partial charge in [-0.2, -0.15) is 0 Å². The number of carbonyl (C=O) groups excluding carboxylic acids is 4. The number of fused-ring (bicyclic) bond motifs is 1. The van der Waals surface area contributed by atoms with Crippen molar-refractivity contribution < 1.29 is 19.2 Å². The van der Waals surface area contributed by atoms with Crippen molar-refractivity contribution in [3.8, 4) is 0 Å². The number of carbonyl (C=O) groups is 4. The minimum absolute atomic E-state index is 0.0983. The Hall–Kier alpha value is -3.56. The molecule has 3 fully saturated rings. The molecule has 4 amide bonds. The zero-order chi connectivity index (χ0) is 26.4. The summed E-state index contributed by atoms with van der Waals surface area (Å²) in [5, 5.41) is 5.56. The van der Waals surface area contributed by atoms with Gasteiger partial charge in [0.15, 0.2) is 0 Å². The van der Waals surface area contributed by atoms with Crippen LogP contribution in [-0.2, 0) is 22.7 Å². The van der Waals surface area contributed by atoms with Crippen molar-refractivity contribution in [3.05, 3.63) is 64.2 Å². The predicted octanol–water partition coefficient (Wildman–Crippen LogP) is 2.29. The maximum atomic E-state index is 13.3. The molecule has 4 aliphatic rings. The van der Waals surface area contributed by atoms with E-state index in [1.54, 1.807) is 18.2 Å². The Morgan fingerprint density at radius 2 is 1.79 bits per heavy atom. The fraction of sp³-hybridized carbons (Fsp3) is 0.448. The third kappa shape index (κ3) is 4.50. The molecule has 1 unspecified atom stereocenters. The van der Waals surface area contributed by atoms with Crippen LogP contribution in [0.3, 0.4) is 0 Å². The second-order valence-corrected chi connectivity index (χ2v) is 10.9. The topological polar surface area (TPSA) is 102 Å². The summed E-state index contributed by atoms with van der Waals surface area (Å²) in [6, 6.07) is 11.3. The van der Waals surface area contributed by atoms with Gasteiger partial charge in [0, 0.05) is 44.3 Å². The van der Waals surface area contributed by atoms with Crippen molar-refractivity contribution in [2.45, 2.75) is 57.8 Å². The second kappa shape index (κ2) is 9.96. The van der Waals surface area contributed by atoms with E-state index in [9.17, 15) is 19.2 Å². The van der Waals surface area contributed by atoms with E-state index in [1.807, 2.05) is 0 Å². The first-order chi connectivity index (χ1) is 18.4. The lowest BCUT2D eigenvalue weighted by Crippen LogP contribution is -2.58. The summed E-state index contributed by atoms with van der Waals surface area (Å²) < 4.78 is 0. The smallest absolute Gasteiger partial charge is 0.264 e. The fourth-order valence-corrected chi connectivity index (χ4v) is 6.16. The highest BCUT2D eigenvalue weighted by Gasteiger charge is 2.45. The number of aryl methyl sites for hydroxylation is 1. The molecule has 2 aromatic rings. The Bertz CT molecular complexity index is 1310. The van der Waals surface area contributed by atoms with E-state index >= 15 is 0 Å². The number of nitrogens with zero attached hydrogens (tertiary/aromatic N) is 3. The van der Waals surface area contributed by atoms with Crippen molar-refractivity contribution in [2.75, 3.05) is 31.5 Å². The maximum Gasteiger partial charge on any atom is 0.264 e. The first kappa shape index (κ1) is 24.8. The summed E-state index contributed by atoms with van der Waals surface area (Å²) in [4.78, 5) is 56.4. The summed E-state index contributed by atoms with van der Waals surface area (Å²) >= 11 is 0. The Balaban J connectivity index is 1.10. The Morgan fingerprint density at radius 3 is 2.53 bits per heavy atom. The van der Waals surface area contributed by atoms with Crippen LogP contribution in [0, 0.1) is 6.92 Å². The SMILES string of the molecule is Cc1cc(CNc2cccc3c2C(=O)N(C2CCC(=O)NC2=O)C3=O)ccc1CN1CC(N2CCCC2)C1. The number of imide groups is 2. The van der Waals surface area contributed by atoms with Gasteiger partial charge >= 0.3 is 0 Å². The molecule has 9 heteroatoms. The number of likely N-dealkylation sites (tertiary alicyclic amines) is 2. The van der Waals surface area contributed by atoms with E-state index < -0.39 is 23.8 Å². The van der Waals surface area contributed by atoms with Gasteiger partial charge in [-0.1, -0.05) is 24.3 Å². The Labute approximate surface area is 222 Å². The van der Waals surface area contributed by atoms with E-state index in [0.29, 0.717) is 12.2 Å². The first-order valence-electron chi connectivity index (χ1n) is 13.5. The standard InChI is InChI=1S/C29H33N5O4/c1-18-13-19(7-8-20(18)15-32-16-21(17-32)33-11-2-3-12-33)14-30-23-6-4-5-22-26(23)29(38)34(28(22)37)24-9-10-25(35)31-27(24)36/h4-8,13,21,24,30H,2-3,9-12,14-17H2,1H3,(H,31,35,36). The van der Waals surface area contributed by atoms with Gasteiger partial charge in [-0.05, 0) is 68.1 Å². The number of rotatable bonds is 7. The Kier molecular flexibility index (Phi) is 6.49. The second-order valence-electron chi connectivity index (χ2n) is 10.9. The molecule has 0 aliphatic carbocycles. The monoisotopic (exact) mass is 515 g/mol. The van der Waals surface area contributed by atoms with Crippen LogP contribution in [0.25, 0.3) is 0 Å². The number of anilines is 1. The molecule has 0 spiro atoms. The molecule has 4 heterocycles. The highest BCUT2D eigenvalue weighted by molar-refractivity contribution is 6.25. The molecule has 0 saturated carbocycles. The number of amides is 4. The van der Waals surface area contributed by atoms with Gasteiger partial charge in [0.05, 0.1) is 11.1 Å². The molecular weight excluding hydrogens is 482 g/mol. The lowest BCUT2D eigenvalue weighted by molar-refractivity contribution is -0.136. The molecule has 38 heavy (non-hydrogen) atoms. The van der Waals surface area contributed by atoms with Crippen molar-refractivity contribution >= 4 is 29.3 Å². The molecule has 0 radical (unpaired) electrons. The van der Waals surface area contributed by atoms with Crippen molar-refractivity contribution in [2.24, 2.45) is 0 Å². The normalized spacial score (nSPS) is 22.6. The molecule has 1 atom stereocenters. The van der Waals surface area contributed by atoms with Crippen LogP contribution in [0.4, 0.5) is 5.69 Å².